The maximum absolute atomic E-state index is 13.1. The maximum Gasteiger partial charge on any atom is 0.315 e. The molecule has 0 aromatic heterocycles. The van der Waals surface area contributed by atoms with Crippen LogP contribution in [-0.2, 0) is 9.53 Å². The SMILES string of the molecule is Cc1ccccc1OC1(C)C(C(=O)OC(C#N)c2cccc(Oc3ccccc3)c2)C1(C)C. The van der Waals surface area contributed by atoms with Gasteiger partial charge in [-0.15, -0.1) is 0 Å². The molecule has 3 aromatic rings. The molecule has 1 aliphatic carbocycles. The van der Waals surface area contributed by atoms with Gasteiger partial charge in [-0.25, -0.2) is 0 Å². The van der Waals surface area contributed by atoms with E-state index < -0.39 is 29.0 Å². The number of aryl methyl sites for hydroxylation is 1. The van der Waals surface area contributed by atoms with E-state index in [0.717, 1.165) is 11.3 Å². The molecule has 1 fully saturated rings. The van der Waals surface area contributed by atoms with Crippen LogP contribution in [0.2, 0.25) is 0 Å². The van der Waals surface area contributed by atoms with E-state index in [1.165, 1.54) is 0 Å². The highest BCUT2D eigenvalue weighted by molar-refractivity contribution is 5.80. The Bertz CT molecular complexity index is 1200. The van der Waals surface area contributed by atoms with Crippen molar-refractivity contribution in [1.29, 1.82) is 5.26 Å². The molecule has 3 aromatic carbocycles. The first-order valence-electron chi connectivity index (χ1n) is 10.9. The van der Waals surface area contributed by atoms with Gasteiger partial charge in [0.2, 0.25) is 6.10 Å². The second-order valence-corrected chi connectivity index (χ2v) is 9.06. The van der Waals surface area contributed by atoms with Crippen LogP contribution in [-0.4, -0.2) is 11.6 Å². The quantitative estimate of drug-likeness (QED) is 0.398. The predicted molar refractivity (Wildman–Crippen MR) is 125 cm³/mol. The Morgan fingerprint density at radius 2 is 1.61 bits per heavy atom. The van der Waals surface area contributed by atoms with Crippen molar-refractivity contribution in [2.24, 2.45) is 11.3 Å². The van der Waals surface area contributed by atoms with Gasteiger partial charge in [-0.3, -0.25) is 4.79 Å². The first kappa shape index (κ1) is 22.4. The fourth-order valence-electron chi connectivity index (χ4n) is 4.27. The van der Waals surface area contributed by atoms with Gasteiger partial charge in [-0.2, -0.15) is 5.26 Å². The molecule has 0 saturated heterocycles. The third-order valence-corrected chi connectivity index (χ3v) is 6.61. The summed E-state index contributed by atoms with van der Waals surface area (Å²) >= 11 is 0. The van der Waals surface area contributed by atoms with Gasteiger partial charge in [-0.05, 0) is 49.7 Å². The smallest absolute Gasteiger partial charge is 0.315 e. The monoisotopic (exact) mass is 441 g/mol. The fraction of sp³-hybridized carbons (Fsp3) is 0.286. The zero-order chi connectivity index (χ0) is 23.6. The highest BCUT2D eigenvalue weighted by atomic mass is 16.6. The Balaban J connectivity index is 1.49. The van der Waals surface area contributed by atoms with Crippen LogP contribution < -0.4 is 9.47 Å². The van der Waals surface area contributed by atoms with Gasteiger partial charge in [0.15, 0.2) is 0 Å². The van der Waals surface area contributed by atoms with E-state index >= 15 is 0 Å². The van der Waals surface area contributed by atoms with Crippen molar-refractivity contribution < 1.29 is 19.0 Å². The molecule has 5 heteroatoms. The predicted octanol–water partition coefficient (Wildman–Crippen LogP) is 6.39. The molecule has 0 N–H and O–H groups in total. The van der Waals surface area contributed by atoms with Crippen LogP contribution in [0.5, 0.6) is 17.2 Å². The number of hydrogen-bond donors (Lipinski definition) is 0. The first-order valence-corrected chi connectivity index (χ1v) is 10.9. The number of carbonyl (C=O) groups excluding carboxylic acids is 1. The summed E-state index contributed by atoms with van der Waals surface area (Å²) in [5.41, 5.74) is 0.386. The summed E-state index contributed by atoms with van der Waals surface area (Å²) < 4.78 is 17.8. The van der Waals surface area contributed by atoms with Gasteiger partial charge in [0, 0.05) is 11.0 Å². The average molecular weight is 442 g/mol. The van der Waals surface area contributed by atoms with Crippen LogP contribution in [0.1, 0.15) is 38.0 Å². The van der Waals surface area contributed by atoms with E-state index in [4.69, 9.17) is 14.2 Å². The van der Waals surface area contributed by atoms with E-state index in [0.29, 0.717) is 17.1 Å². The van der Waals surface area contributed by atoms with E-state index in [1.807, 2.05) is 82.3 Å². The van der Waals surface area contributed by atoms with Crippen molar-refractivity contribution in [2.75, 3.05) is 0 Å². The average Bonchev–Trinajstić information content (AvgIpc) is 3.25. The largest absolute Gasteiger partial charge is 0.486 e. The highest BCUT2D eigenvalue weighted by Gasteiger charge is 2.75. The summed E-state index contributed by atoms with van der Waals surface area (Å²) in [7, 11) is 0. The molecule has 1 aliphatic rings. The zero-order valence-electron chi connectivity index (χ0n) is 19.2. The molecule has 0 bridgehead atoms. The van der Waals surface area contributed by atoms with Crippen molar-refractivity contribution in [3.8, 4) is 23.3 Å². The zero-order valence-corrected chi connectivity index (χ0v) is 19.2. The van der Waals surface area contributed by atoms with Gasteiger partial charge in [0.1, 0.15) is 34.8 Å². The number of carbonyl (C=O) groups is 1. The lowest BCUT2D eigenvalue weighted by atomic mass is 10.1. The topological polar surface area (TPSA) is 68.5 Å². The number of nitriles is 1. The Morgan fingerprint density at radius 3 is 2.30 bits per heavy atom. The van der Waals surface area contributed by atoms with Crippen LogP contribution in [0, 0.1) is 29.6 Å². The molecule has 0 heterocycles. The molecule has 33 heavy (non-hydrogen) atoms. The van der Waals surface area contributed by atoms with Gasteiger partial charge >= 0.3 is 5.97 Å². The van der Waals surface area contributed by atoms with E-state index in [2.05, 4.69) is 6.07 Å². The summed E-state index contributed by atoms with van der Waals surface area (Å²) in [6.45, 7) is 7.85. The maximum atomic E-state index is 13.1. The summed E-state index contributed by atoms with van der Waals surface area (Å²) in [5.74, 6) is 1.05. The number of esters is 1. The van der Waals surface area contributed by atoms with Crippen LogP contribution in [0.15, 0.2) is 78.9 Å². The van der Waals surface area contributed by atoms with Gasteiger partial charge in [0.25, 0.3) is 0 Å². The van der Waals surface area contributed by atoms with Crippen molar-refractivity contribution in [3.05, 3.63) is 90.0 Å². The number of benzene rings is 3. The van der Waals surface area contributed by atoms with E-state index in [1.54, 1.807) is 24.3 Å². The third kappa shape index (κ3) is 4.29. The molecule has 0 spiro atoms. The lowest BCUT2D eigenvalue weighted by Crippen LogP contribution is -2.24. The van der Waals surface area contributed by atoms with E-state index in [9.17, 15) is 10.1 Å². The Hall–Kier alpha value is -3.78. The number of hydrogen-bond acceptors (Lipinski definition) is 5. The number of rotatable bonds is 7. The van der Waals surface area contributed by atoms with Crippen LogP contribution in [0.3, 0.4) is 0 Å². The molecular formula is C28H27NO4. The molecule has 4 rings (SSSR count). The van der Waals surface area contributed by atoms with Crippen molar-refractivity contribution >= 4 is 5.97 Å². The third-order valence-electron chi connectivity index (χ3n) is 6.61. The Kier molecular flexibility index (Phi) is 5.86. The summed E-state index contributed by atoms with van der Waals surface area (Å²) in [6.07, 6.45) is -1.05. The molecule has 0 aliphatic heterocycles. The number of para-hydroxylation sites is 2. The molecule has 0 amide bonds. The van der Waals surface area contributed by atoms with Crippen LogP contribution >= 0.6 is 0 Å². The summed E-state index contributed by atoms with van der Waals surface area (Å²) in [4.78, 5) is 13.1. The minimum atomic E-state index is -1.05. The normalized spacial score (nSPS) is 21.4. The van der Waals surface area contributed by atoms with Crippen LogP contribution in [0.25, 0.3) is 0 Å². The van der Waals surface area contributed by atoms with Crippen molar-refractivity contribution in [1.82, 2.24) is 0 Å². The minimum absolute atomic E-state index is 0.440. The summed E-state index contributed by atoms with van der Waals surface area (Å²) in [5, 5.41) is 9.74. The lowest BCUT2D eigenvalue weighted by molar-refractivity contribution is -0.150. The summed E-state index contributed by atoms with van der Waals surface area (Å²) in [6, 6.07) is 26.2. The second-order valence-electron chi connectivity index (χ2n) is 9.06. The number of ether oxygens (including phenoxy) is 3. The molecule has 3 atom stereocenters. The van der Waals surface area contributed by atoms with Gasteiger partial charge in [0.05, 0.1) is 0 Å². The second kappa shape index (κ2) is 8.63. The fourth-order valence-corrected chi connectivity index (χ4v) is 4.27. The minimum Gasteiger partial charge on any atom is -0.486 e. The molecule has 1 saturated carbocycles. The Labute approximate surface area is 194 Å². The van der Waals surface area contributed by atoms with Crippen molar-refractivity contribution in [2.45, 2.75) is 39.4 Å². The molecule has 0 radical (unpaired) electrons. The molecule has 3 unspecified atom stereocenters. The highest BCUT2D eigenvalue weighted by Crippen LogP contribution is 2.64. The van der Waals surface area contributed by atoms with Crippen molar-refractivity contribution in [3.63, 3.8) is 0 Å². The molecule has 5 nitrogen and oxygen atoms in total. The van der Waals surface area contributed by atoms with Crippen LogP contribution in [0.4, 0.5) is 0 Å². The number of nitrogens with zero attached hydrogens (tertiary/aromatic N) is 1. The standard InChI is InChI=1S/C28H27NO4/c1-19-11-8-9-16-23(19)33-28(4)25(27(28,2)3)26(30)32-24(18-29)20-12-10-15-22(17-20)31-21-13-6-5-7-14-21/h5-17,24-25H,1-4H3. The van der Waals surface area contributed by atoms with E-state index in [-0.39, 0.29) is 0 Å². The lowest BCUT2D eigenvalue weighted by Gasteiger charge is -2.19. The van der Waals surface area contributed by atoms with Gasteiger partial charge < -0.3 is 14.2 Å². The van der Waals surface area contributed by atoms with Gasteiger partial charge in [-0.1, -0.05) is 62.4 Å². The molecule has 168 valence electrons. The Morgan fingerprint density at radius 1 is 0.939 bits per heavy atom. The first-order chi connectivity index (χ1) is 15.8. The molecular weight excluding hydrogens is 414 g/mol.